The van der Waals surface area contributed by atoms with E-state index < -0.39 is 0 Å². The fourth-order valence-electron chi connectivity index (χ4n) is 2.82. The van der Waals surface area contributed by atoms with Crippen LogP contribution in [0.1, 0.15) is 29.5 Å². The van der Waals surface area contributed by atoms with Crippen molar-refractivity contribution in [2.75, 3.05) is 6.54 Å². The summed E-state index contributed by atoms with van der Waals surface area (Å²) in [5.74, 6) is -0.0299. The SMILES string of the molecule is Cc1c(/C=C2\CCCNC2=O)cc(C#N)cc1-c1ccc(Cl)nc1. The number of benzene rings is 1. The summed E-state index contributed by atoms with van der Waals surface area (Å²) in [4.78, 5) is 16.1. The van der Waals surface area contributed by atoms with E-state index in [2.05, 4.69) is 16.4 Å². The van der Waals surface area contributed by atoms with Crippen molar-refractivity contribution >= 4 is 23.6 Å². The molecule has 120 valence electrons. The summed E-state index contributed by atoms with van der Waals surface area (Å²) < 4.78 is 0. The smallest absolute Gasteiger partial charge is 0.247 e. The predicted octanol–water partition coefficient (Wildman–Crippen LogP) is 3.88. The molecule has 0 radical (unpaired) electrons. The molecule has 1 N–H and O–H groups in total. The van der Waals surface area contributed by atoms with Gasteiger partial charge in [0.05, 0.1) is 11.6 Å². The predicted molar refractivity (Wildman–Crippen MR) is 94.4 cm³/mol. The van der Waals surface area contributed by atoms with Crippen molar-refractivity contribution in [3.05, 3.63) is 57.9 Å². The first-order valence-corrected chi connectivity index (χ1v) is 8.11. The van der Waals surface area contributed by atoms with E-state index >= 15 is 0 Å². The number of pyridine rings is 1. The second kappa shape index (κ2) is 6.86. The van der Waals surface area contributed by atoms with Crippen molar-refractivity contribution < 1.29 is 4.79 Å². The lowest BCUT2D eigenvalue weighted by molar-refractivity contribution is -0.118. The molecule has 1 aliphatic rings. The van der Waals surface area contributed by atoms with Crippen molar-refractivity contribution in [3.8, 4) is 17.2 Å². The maximum Gasteiger partial charge on any atom is 0.247 e. The molecule has 0 saturated carbocycles. The van der Waals surface area contributed by atoms with E-state index in [0.29, 0.717) is 10.7 Å². The maximum absolute atomic E-state index is 12.0. The van der Waals surface area contributed by atoms with Crippen LogP contribution in [0, 0.1) is 18.3 Å². The first-order valence-electron chi connectivity index (χ1n) is 7.74. The fourth-order valence-corrected chi connectivity index (χ4v) is 2.93. The number of nitrogens with one attached hydrogen (secondary N) is 1. The molecule has 2 aromatic rings. The number of aromatic nitrogens is 1. The molecule has 2 heterocycles. The molecule has 0 bridgehead atoms. The number of hydrogen-bond acceptors (Lipinski definition) is 3. The van der Waals surface area contributed by atoms with Crippen LogP contribution in [0.5, 0.6) is 0 Å². The summed E-state index contributed by atoms with van der Waals surface area (Å²) in [6.45, 7) is 2.70. The maximum atomic E-state index is 12.0. The minimum Gasteiger partial charge on any atom is -0.352 e. The number of rotatable bonds is 2. The minimum absolute atomic E-state index is 0.0299. The Morgan fingerprint density at radius 3 is 2.88 bits per heavy atom. The van der Waals surface area contributed by atoms with Crippen LogP contribution in [0.3, 0.4) is 0 Å². The summed E-state index contributed by atoms with van der Waals surface area (Å²) in [7, 11) is 0. The van der Waals surface area contributed by atoms with E-state index in [-0.39, 0.29) is 5.91 Å². The Bertz CT molecular complexity index is 863. The number of amides is 1. The van der Waals surface area contributed by atoms with Crippen molar-refractivity contribution in [3.63, 3.8) is 0 Å². The number of nitrogens with zero attached hydrogens (tertiary/aromatic N) is 2. The van der Waals surface area contributed by atoms with Crippen LogP contribution in [0.2, 0.25) is 5.15 Å². The van der Waals surface area contributed by atoms with E-state index in [1.807, 2.05) is 31.2 Å². The average Bonchev–Trinajstić information content (AvgIpc) is 2.59. The van der Waals surface area contributed by atoms with E-state index in [9.17, 15) is 10.1 Å². The molecule has 0 unspecified atom stereocenters. The van der Waals surface area contributed by atoms with Crippen LogP contribution < -0.4 is 5.32 Å². The highest BCUT2D eigenvalue weighted by Gasteiger charge is 2.16. The molecule has 5 heteroatoms. The number of hydrogen-bond donors (Lipinski definition) is 1. The van der Waals surface area contributed by atoms with Gasteiger partial charge >= 0.3 is 0 Å². The Kier molecular flexibility index (Phi) is 4.64. The molecule has 1 amide bonds. The van der Waals surface area contributed by atoms with Gasteiger partial charge in [-0.3, -0.25) is 4.79 Å². The monoisotopic (exact) mass is 337 g/mol. The molecular weight excluding hydrogens is 322 g/mol. The zero-order valence-corrected chi connectivity index (χ0v) is 14.0. The summed E-state index contributed by atoms with van der Waals surface area (Å²) in [6, 6.07) is 9.44. The van der Waals surface area contributed by atoms with Gasteiger partial charge in [-0.1, -0.05) is 11.6 Å². The normalized spacial score (nSPS) is 15.9. The first kappa shape index (κ1) is 16.2. The van der Waals surface area contributed by atoms with Crippen LogP contribution >= 0.6 is 11.6 Å². The largest absolute Gasteiger partial charge is 0.352 e. The van der Waals surface area contributed by atoms with Crippen LogP contribution in [-0.4, -0.2) is 17.4 Å². The lowest BCUT2D eigenvalue weighted by Crippen LogP contribution is -2.30. The number of halogens is 1. The number of nitriles is 1. The van der Waals surface area contributed by atoms with Crippen LogP contribution in [0.4, 0.5) is 0 Å². The summed E-state index contributed by atoms with van der Waals surface area (Å²) >= 11 is 5.86. The molecule has 1 aromatic carbocycles. The van der Waals surface area contributed by atoms with Crippen LogP contribution in [0.15, 0.2) is 36.0 Å². The second-order valence-electron chi connectivity index (χ2n) is 5.75. The molecule has 0 atom stereocenters. The number of carbonyl (C=O) groups is 1. The summed E-state index contributed by atoms with van der Waals surface area (Å²) in [5.41, 5.74) is 4.99. The highest BCUT2D eigenvalue weighted by Crippen LogP contribution is 2.29. The molecule has 24 heavy (non-hydrogen) atoms. The van der Waals surface area contributed by atoms with E-state index in [0.717, 1.165) is 47.2 Å². The Hall–Kier alpha value is -2.64. The standard InChI is InChI=1S/C19H16ClN3O/c1-12-16(9-14-3-2-6-22-19(14)24)7-13(10-21)8-17(12)15-4-5-18(20)23-11-15/h4-5,7-9,11H,2-3,6H2,1H3,(H,22,24)/b14-9+. The molecule has 1 aliphatic heterocycles. The molecule has 1 aromatic heterocycles. The third-order valence-corrected chi connectivity index (χ3v) is 4.37. The Morgan fingerprint density at radius 2 is 2.21 bits per heavy atom. The lowest BCUT2D eigenvalue weighted by atomic mass is 9.92. The lowest BCUT2D eigenvalue weighted by Gasteiger charge is -2.16. The highest BCUT2D eigenvalue weighted by atomic mass is 35.5. The van der Waals surface area contributed by atoms with Gasteiger partial charge in [0.1, 0.15) is 5.15 Å². The van der Waals surface area contributed by atoms with Crippen molar-refractivity contribution in [2.45, 2.75) is 19.8 Å². The van der Waals surface area contributed by atoms with Gasteiger partial charge in [-0.25, -0.2) is 4.98 Å². The number of piperidine rings is 1. The van der Waals surface area contributed by atoms with Crippen molar-refractivity contribution in [2.24, 2.45) is 0 Å². The van der Waals surface area contributed by atoms with Gasteiger partial charge in [0.25, 0.3) is 0 Å². The molecular formula is C19H16ClN3O. The summed E-state index contributed by atoms with van der Waals surface area (Å²) in [5, 5.41) is 12.6. The molecule has 0 spiro atoms. The third-order valence-electron chi connectivity index (χ3n) is 4.15. The van der Waals surface area contributed by atoms with Crippen LogP contribution in [0.25, 0.3) is 17.2 Å². The van der Waals surface area contributed by atoms with Gasteiger partial charge in [0.15, 0.2) is 0 Å². The first-order chi connectivity index (χ1) is 11.6. The average molecular weight is 338 g/mol. The second-order valence-corrected chi connectivity index (χ2v) is 6.14. The minimum atomic E-state index is -0.0299. The quantitative estimate of drug-likeness (QED) is 0.668. The zero-order valence-electron chi connectivity index (χ0n) is 13.3. The van der Waals surface area contributed by atoms with Gasteiger partial charge in [0, 0.05) is 23.9 Å². The molecule has 3 rings (SSSR count). The summed E-state index contributed by atoms with van der Waals surface area (Å²) in [6.07, 6.45) is 5.26. The van der Waals surface area contributed by atoms with Gasteiger partial charge in [0.2, 0.25) is 5.91 Å². The van der Waals surface area contributed by atoms with E-state index in [1.54, 1.807) is 12.3 Å². The Morgan fingerprint density at radius 1 is 1.38 bits per heavy atom. The molecule has 1 saturated heterocycles. The van der Waals surface area contributed by atoms with E-state index in [4.69, 9.17) is 11.6 Å². The zero-order chi connectivity index (χ0) is 17.1. The van der Waals surface area contributed by atoms with Gasteiger partial charge in [-0.15, -0.1) is 0 Å². The topological polar surface area (TPSA) is 65.8 Å². The van der Waals surface area contributed by atoms with Crippen LogP contribution in [-0.2, 0) is 4.79 Å². The fraction of sp³-hybridized carbons (Fsp3) is 0.211. The van der Waals surface area contributed by atoms with Crippen molar-refractivity contribution in [1.29, 1.82) is 5.26 Å². The number of carbonyl (C=O) groups excluding carboxylic acids is 1. The highest BCUT2D eigenvalue weighted by molar-refractivity contribution is 6.29. The van der Waals surface area contributed by atoms with Crippen molar-refractivity contribution in [1.82, 2.24) is 10.3 Å². The molecule has 1 fully saturated rings. The Labute approximate surface area is 145 Å². The third kappa shape index (κ3) is 3.32. The van der Waals surface area contributed by atoms with Gasteiger partial charge in [-0.2, -0.15) is 5.26 Å². The van der Waals surface area contributed by atoms with E-state index in [1.165, 1.54) is 0 Å². The van der Waals surface area contributed by atoms with Gasteiger partial charge in [-0.05, 0) is 66.8 Å². The molecule has 0 aliphatic carbocycles. The Balaban J connectivity index is 2.12. The van der Waals surface area contributed by atoms with Gasteiger partial charge < -0.3 is 5.32 Å². The molecule has 4 nitrogen and oxygen atoms in total.